The molecule has 0 aromatic rings. The summed E-state index contributed by atoms with van der Waals surface area (Å²) in [5.41, 5.74) is 0.473. The van der Waals surface area contributed by atoms with Crippen molar-refractivity contribution in [3.8, 4) is 0 Å². The molecule has 98 valence electrons. The lowest BCUT2D eigenvalue weighted by molar-refractivity contribution is 0.152. The molecule has 0 radical (unpaired) electrons. The minimum atomic E-state index is 0.473. The average Bonchev–Trinajstić information content (AvgIpc) is 2.25. The second kappa shape index (κ2) is 8.11. The molecule has 0 aromatic heterocycles. The van der Waals surface area contributed by atoms with Crippen LogP contribution in [0.2, 0.25) is 0 Å². The van der Waals surface area contributed by atoms with Gasteiger partial charge in [-0.05, 0) is 30.7 Å². The molecule has 0 amide bonds. The van der Waals surface area contributed by atoms with Gasteiger partial charge in [0.25, 0.3) is 0 Å². The summed E-state index contributed by atoms with van der Waals surface area (Å²) in [6, 6.07) is 0. The highest BCUT2D eigenvalue weighted by atomic mass is 15.1. The van der Waals surface area contributed by atoms with E-state index in [1.807, 2.05) is 0 Å². The van der Waals surface area contributed by atoms with Gasteiger partial charge < -0.3 is 4.90 Å². The highest BCUT2D eigenvalue weighted by Crippen LogP contribution is 2.22. The molecular weight excluding hydrogens is 194 g/mol. The third-order valence-corrected chi connectivity index (χ3v) is 3.70. The van der Waals surface area contributed by atoms with Gasteiger partial charge in [0.15, 0.2) is 0 Å². The van der Waals surface area contributed by atoms with E-state index in [1.165, 1.54) is 45.3 Å². The molecule has 16 heavy (non-hydrogen) atoms. The molecule has 0 aromatic carbocycles. The molecule has 0 heterocycles. The molecule has 1 unspecified atom stereocenters. The van der Waals surface area contributed by atoms with Crippen molar-refractivity contribution in [2.75, 3.05) is 19.6 Å². The molecule has 0 saturated carbocycles. The summed E-state index contributed by atoms with van der Waals surface area (Å²) in [4.78, 5) is 2.68. The molecule has 0 N–H and O–H groups in total. The Labute approximate surface area is 104 Å². The predicted octanol–water partition coefficient (Wildman–Crippen LogP) is 4.57. The summed E-state index contributed by atoms with van der Waals surface area (Å²) in [5.74, 6) is 0.838. The van der Waals surface area contributed by atoms with Gasteiger partial charge in [0, 0.05) is 13.1 Å². The van der Waals surface area contributed by atoms with Gasteiger partial charge in [-0.3, -0.25) is 0 Å². The lowest BCUT2D eigenvalue weighted by atomic mass is 9.89. The van der Waals surface area contributed by atoms with Crippen LogP contribution in [-0.4, -0.2) is 24.5 Å². The highest BCUT2D eigenvalue weighted by molar-refractivity contribution is 4.73. The van der Waals surface area contributed by atoms with E-state index >= 15 is 0 Å². The molecule has 1 nitrogen and oxygen atoms in total. The topological polar surface area (TPSA) is 3.24 Å². The number of rotatable bonds is 9. The van der Waals surface area contributed by atoms with Gasteiger partial charge in [-0.1, -0.05) is 54.4 Å². The summed E-state index contributed by atoms with van der Waals surface area (Å²) < 4.78 is 0. The van der Waals surface area contributed by atoms with Crippen molar-refractivity contribution in [2.45, 2.75) is 67.2 Å². The molecular formula is C15H33N. The zero-order chi connectivity index (χ0) is 12.6. The zero-order valence-electron chi connectivity index (χ0n) is 12.5. The maximum Gasteiger partial charge on any atom is 0.00327 e. The van der Waals surface area contributed by atoms with E-state index in [0.717, 1.165) is 5.92 Å². The third-order valence-electron chi connectivity index (χ3n) is 3.70. The molecule has 0 aliphatic carbocycles. The Morgan fingerprint density at radius 3 is 2.19 bits per heavy atom. The van der Waals surface area contributed by atoms with Crippen LogP contribution in [0.25, 0.3) is 0 Å². The number of unbranched alkanes of at least 4 members (excludes halogenated alkanes) is 1. The summed E-state index contributed by atoms with van der Waals surface area (Å²) in [5, 5.41) is 0. The van der Waals surface area contributed by atoms with Gasteiger partial charge in [0.1, 0.15) is 0 Å². The van der Waals surface area contributed by atoms with Crippen LogP contribution in [0, 0.1) is 11.3 Å². The SMILES string of the molecule is CCCCN(CC(C)CC)CC(C)(C)CC. The van der Waals surface area contributed by atoms with E-state index in [4.69, 9.17) is 0 Å². The van der Waals surface area contributed by atoms with Crippen LogP contribution in [0.4, 0.5) is 0 Å². The normalized spacial score (nSPS) is 14.4. The molecule has 1 heteroatoms. The lowest BCUT2D eigenvalue weighted by Gasteiger charge is -2.33. The Kier molecular flexibility index (Phi) is 8.09. The van der Waals surface area contributed by atoms with Crippen LogP contribution in [0.15, 0.2) is 0 Å². The number of hydrogen-bond acceptors (Lipinski definition) is 1. The second-order valence-electron chi connectivity index (χ2n) is 6.12. The summed E-state index contributed by atoms with van der Waals surface area (Å²) in [6.45, 7) is 17.9. The molecule has 0 aliphatic heterocycles. The van der Waals surface area contributed by atoms with Gasteiger partial charge in [-0.2, -0.15) is 0 Å². The fourth-order valence-electron chi connectivity index (χ4n) is 1.90. The lowest BCUT2D eigenvalue weighted by Crippen LogP contribution is -2.37. The minimum absolute atomic E-state index is 0.473. The van der Waals surface area contributed by atoms with Crippen molar-refractivity contribution in [3.05, 3.63) is 0 Å². The van der Waals surface area contributed by atoms with Crippen molar-refractivity contribution in [1.82, 2.24) is 4.90 Å². The maximum atomic E-state index is 2.68. The molecule has 0 saturated heterocycles. The van der Waals surface area contributed by atoms with Crippen molar-refractivity contribution in [2.24, 2.45) is 11.3 Å². The summed E-state index contributed by atoms with van der Waals surface area (Å²) in [6.07, 6.45) is 5.23. The Morgan fingerprint density at radius 1 is 1.12 bits per heavy atom. The van der Waals surface area contributed by atoms with E-state index in [-0.39, 0.29) is 0 Å². The first-order valence-electron chi connectivity index (χ1n) is 7.17. The van der Waals surface area contributed by atoms with Crippen molar-refractivity contribution in [3.63, 3.8) is 0 Å². The fraction of sp³-hybridized carbons (Fsp3) is 1.00. The van der Waals surface area contributed by atoms with E-state index in [0.29, 0.717) is 5.41 Å². The van der Waals surface area contributed by atoms with Crippen molar-refractivity contribution in [1.29, 1.82) is 0 Å². The molecule has 1 atom stereocenters. The first-order chi connectivity index (χ1) is 7.45. The highest BCUT2D eigenvalue weighted by Gasteiger charge is 2.20. The van der Waals surface area contributed by atoms with Crippen LogP contribution in [0.3, 0.4) is 0 Å². The first kappa shape index (κ1) is 16.0. The van der Waals surface area contributed by atoms with Crippen LogP contribution in [-0.2, 0) is 0 Å². The summed E-state index contributed by atoms with van der Waals surface area (Å²) in [7, 11) is 0. The van der Waals surface area contributed by atoms with Crippen LogP contribution in [0.1, 0.15) is 67.2 Å². The maximum absolute atomic E-state index is 2.68. The van der Waals surface area contributed by atoms with E-state index in [1.54, 1.807) is 0 Å². The van der Waals surface area contributed by atoms with Crippen LogP contribution in [0.5, 0.6) is 0 Å². The molecule has 0 rings (SSSR count). The second-order valence-corrected chi connectivity index (χ2v) is 6.12. The van der Waals surface area contributed by atoms with Crippen molar-refractivity contribution >= 4 is 0 Å². The zero-order valence-corrected chi connectivity index (χ0v) is 12.5. The number of nitrogens with zero attached hydrogens (tertiary/aromatic N) is 1. The number of hydrogen-bond donors (Lipinski definition) is 0. The van der Waals surface area contributed by atoms with Gasteiger partial charge in [-0.15, -0.1) is 0 Å². The average molecular weight is 227 g/mol. The molecule has 0 fully saturated rings. The Balaban J connectivity index is 4.19. The first-order valence-corrected chi connectivity index (χ1v) is 7.17. The van der Waals surface area contributed by atoms with Crippen LogP contribution < -0.4 is 0 Å². The van der Waals surface area contributed by atoms with Crippen LogP contribution >= 0.6 is 0 Å². The molecule has 0 bridgehead atoms. The van der Waals surface area contributed by atoms with Gasteiger partial charge >= 0.3 is 0 Å². The van der Waals surface area contributed by atoms with E-state index in [2.05, 4.69) is 46.4 Å². The fourth-order valence-corrected chi connectivity index (χ4v) is 1.90. The smallest absolute Gasteiger partial charge is 0.00327 e. The Morgan fingerprint density at radius 2 is 1.75 bits per heavy atom. The monoisotopic (exact) mass is 227 g/mol. The third kappa shape index (κ3) is 7.27. The van der Waals surface area contributed by atoms with Gasteiger partial charge in [0.2, 0.25) is 0 Å². The van der Waals surface area contributed by atoms with Gasteiger partial charge in [-0.25, -0.2) is 0 Å². The Hall–Kier alpha value is -0.0400. The van der Waals surface area contributed by atoms with Crippen molar-refractivity contribution < 1.29 is 0 Å². The molecule has 0 spiro atoms. The predicted molar refractivity (Wildman–Crippen MR) is 74.9 cm³/mol. The minimum Gasteiger partial charge on any atom is -0.303 e. The van der Waals surface area contributed by atoms with Gasteiger partial charge in [0.05, 0.1) is 0 Å². The van der Waals surface area contributed by atoms with E-state index < -0.39 is 0 Å². The summed E-state index contributed by atoms with van der Waals surface area (Å²) >= 11 is 0. The Bertz CT molecular complexity index is 163. The molecule has 0 aliphatic rings. The standard InChI is InChI=1S/C15H33N/c1-7-10-11-16(12-14(4)8-2)13-15(5,6)9-3/h14H,7-13H2,1-6H3. The largest absolute Gasteiger partial charge is 0.303 e. The van der Waals surface area contributed by atoms with E-state index in [9.17, 15) is 0 Å². The quantitative estimate of drug-likeness (QED) is 0.557.